The maximum Gasteiger partial charge on any atom is 0.323 e. The number of thioether (sulfide) groups is 1. The van der Waals surface area contributed by atoms with E-state index in [1.54, 1.807) is 18.2 Å². The Kier molecular flexibility index (Phi) is 5.87. The zero-order valence-electron chi connectivity index (χ0n) is 14.2. The fraction of sp³-hybridized carbons (Fsp3) is 0.235. The SMILES string of the molecule is O=C(O)CCCN1C(=O)/C(=C2/SC(=S)N(CC(=O)O)C2=O)c2cc(Br)ccc21. The van der Waals surface area contributed by atoms with E-state index in [0.29, 0.717) is 15.7 Å². The van der Waals surface area contributed by atoms with Crippen molar-refractivity contribution in [2.75, 3.05) is 18.0 Å². The number of fused-ring (bicyclic) bond motifs is 1. The van der Waals surface area contributed by atoms with E-state index in [-0.39, 0.29) is 34.2 Å². The fourth-order valence-electron chi connectivity index (χ4n) is 2.95. The van der Waals surface area contributed by atoms with Crippen LogP contribution in [0.4, 0.5) is 5.69 Å². The number of hydrogen-bond acceptors (Lipinski definition) is 6. The highest BCUT2D eigenvalue weighted by Crippen LogP contribution is 2.45. The molecule has 1 fully saturated rings. The molecule has 11 heteroatoms. The Balaban J connectivity index is 2.03. The topological polar surface area (TPSA) is 115 Å². The highest BCUT2D eigenvalue weighted by molar-refractivity contribution is 9.10. The zero-order chi connectivity index (χ0) is 20.6. The number of carbonyl (C=O) groups excluding carboxylic acids is 2. The van der Waals surface area contributed by atoms with Crippen molar-refractivity contribution in [2.24, 2.45) is 0 Å². The number of hydrogen-bond donors (Lipinski definition) is 2. The predicted octanol–water partition coefficient (Wildman–Crippen LogP) is 2.32. The number of carboxylic acid groups (broad SMARTS) is 2. The lowest BCUT2D eigenvalue weighted by Gasteiger charge is -2.16. The summed E-state index contributed by atoms with van der Waals surface area (Å²) in [5.41, 5.74) is 1.24. The fourth-order valence-corrected chi connectivity index (χ4v) is 4.64. The van der Waals surface area contributed by atoms with Gasteiger partial charge in [-0.25, -0.2) is 0 Å². The summed E-state index contributed by atoms with van der Waals surface area (Å²) < 4.78 is 0.772. The molecule has 0 radical (unpaired) electrons. The van der Waals surface area contributed by atoms with Crippen LogP contribution in [0.5, 0.6) is 0 Å². The van der Waals surface area contributed by atoms with E-state index in [1.807, 2.05) is 0 Å². The van der Waals surface area contributed by atoms with Gasteiger partial charge in [-0.2, -0.15) is 0 Å². The van der Waals surface area contributed by atoms with E-state index in [4.69, 9.17) is 22.4 Å². The molecule has 28 heavy (non-hydrogen) atoms. The molecule has 0 saturated carbocycles. The number of thiocarbonyl (C=S) groups is 1. The maximum absolute atomic E-state index is 13.1. The molecule has 1 saturated heterocycles. The van der Waals surface area contributed by atoms with Gasteiger partial charge in [-0.1, -0.05) is 39.9 Å². The van der Waals surface area contributed by atoms with Gasteiger partial charge in [-0.3, -0.25) is 24.1 Å². The monoisotopic (exact) mass is 484 g/mol. The Morgan fingerprint density at radius 3 is 2.46 bits per heavy atom. The lowest BCUT2D eigenvalue weighted by Crippen LogP contribution is -2.33. The summed E-state index contributed by atoms with van der Waals surface area (Å²) >= 11 is 9.35. The molecular weight excluding hydrogens is 472 g/mol. The minimum Gasteiger partial charge on any atom is -0.481 e. The minimum atomic E-state index is -1.21. The number of halogens is 1. The van der Waals surface area contributed by atoms with E-state index in [0.717, 1.165) is 16.7 Å². The normalized spacial score (nSPS) is 18.8. The number of amides is 2. The summed E-state index contributed by atoms with van der Waals surface area (Å²) in [5, 5.41) is 17.8. The third-order valence-corrected chi connectivity index (χ3v) is 6.06. The second-order valence-corrected chi connectivity index (χ2v) is 8.53. The van der Waals surface area contributed by atoms with Gasteiger partial charge in [0.25, 0.3) is 11.8 Å². The van der Waals surface area contributed by atoms with Crippen molar-refractivity contribution >= 4 is 79.2 Å². The first kappa shape index (κ1) is 20.5. The second kappa shape index (κ2) is 8.02. The van der Waals surface area contributed by atoms with Crippen molar-refractivity contribution in [3.05, 3.63) is 33.1 Å². The quantitative estimate of drug-likeness (QED) is 0.466. The number of anilines is 1. The maximum atomic E-state index is 13.1. The van der Waals surface area contributed by atoms with Crippen molar-refractivity contribution in [1.82, 2.24) is 4.90 Å². The molecule has 0 spiro atoms. The molecule has 146 valence electrons. The summed E-state index contributed by atoms with van der Waals surface area (Å²) in [5.74, 6) is -3.23. The second-order valence-electron chi connectivity index (χ2n) is 5.97. The average molecular weight is 485 g/mol. The lowest BCUT2D eigenvalue weighted by atomic mass is 10.1. The highest BCUT2D eigenvalue weighted by atomic mass is 79.9. The third kappa shape index (κ3) is 3.82. The van der Waals surface area contributed by atoms with E-state index in [1.165, 1.54) is 4.90 Å². The van der Waals surface area contributed by atoms with Crippen LogP contribution in [0.1, 0.15) is 18.4 Å². The van der Waals surface area contributed by atoms with Gasteiger partial charge in [-0.05, 0) is 24.6 Å². The third-order valence-electron chi connectivity index (χ3n) is 4.12. The molecule has 2 heterocycles. The van der Waals surface area contributed by atoms with Gasteiger partial charge in [0.15, 0.2) is 0 Å². The largest absolute Gasteiger partial charge is 0.481 e. The highest BCUT2D eigenvalue weighted by Gasteiger charge is 2.42. The molecule has 0 aliphatic carbocycles. The summed E-state index contributed by atoms with van der Waals surface area (Å²) in [6, 6.07) is 5.15. The van der Waals surface area contributed by atoms with Crippen LogP contribution in [-0.2, 0) is 19.2 Å². The van der Waals surface area contributed by atoms with Crippen LogP contribution in [0.25, 0.3) is 5.57 Å². The van der Waals surface area contributed by atoms with Crippen molar-refractivity contribution in [3.8, 4) is 0 Å². The lowest BCUT2D eigenvalue weighted by molar-refractivity contribution is -0.140. The van der Waals surface area contributed by atoms with Gasteiger partial charge >= 0.3 is 11.9 Å². The molecule has 3 rings (SSSR count). The van der Waals surface area contributed by atoms with Crippen LogP contribution >= 0.6 is 39.9 Å². The van der Waals surface area contributed by atoms with Crippen molar-refractivity contribution < 1.29 is 29.4 Å². The Bertz CT molecular complexity index is 961. The molecule has 2 aliphatic rings. The van der Waals surface area contributed by atoms with Gasteiger partial charge in [0.05, 0.1) is 16.2 Å². The molecule has 8 nitrogen and oxygen atoms in total. The number of benzene rings is 1. The molecule has 0 atom stereocenters. The molecular formula is C17H13BrN2O6S2. The Morgan fingerprint density at radius 1 is 1.11 bits per heavy atom. The molecule has 0 bridgehead atoms. The van der Waals surface area contributed by atoms with Crippen LogP contribution in [0, 0.1) is 0 Å². The predicted molar refractivity (Wildman–Crippen MR) is 110 cm³/mol. The summed E-state index contributed by atoms with van der Waals surface area (Å²) in [7, 11) is 0. The van der Waals surface area contributed by atoms with Crippen LogP contribution < -0.4 is 4.90 Å². The Morgan fingerprint density at radius 2 is 1.82 bits per heavy atom. The van der Waals surface area contributed by atoms with Crippen molar-refractivity contribution in [2.45, 2.75) is 12.8 Å². The van der Waals surface area contributed by atoms with Crippen molar-refractivity contribution in [1.29, 1.82) is 0 Å². The summed E-state index contributed by atoms with van der Waals surface area (Å²) in [6.07, 6.45) is 0.162. The Labute approximate surface area is 177 Å². The van der Waals surface area contributed by atoms with Crippen LogP contribution in [0.3, 0.4) is 0 Å². The molecule has 2 aliphatic heterocycles. The van der Waals surface area contributed by atoms with E-state index >= 15 is 0 Å². The standard InChI is InChI=1S/C17H13BrN2O6S2/c18-8-3-4-10-9(6-8)13(15(25)19(10)5-1-2-11(21)22)14-16(26)20(7-12(23)24)17(27)28-14/h3-4,6H,1-2,5,7H2,(H,21,22)(H,23,24)/b14-13+. The molecule has 2 N–H and O–H groups in total. The first-order valence-electron chi connectivity index (χ1n) is 8.04. The average Bonchev–Trinajstić information content (AvgIpc) is 3.02. The first-order valence-corrected chi connectivity index (χ1v) is 10.1. The molecule has 0 unspecified atom stereocenters. The zero-order valence-corrected chi connectivity index (χ0v) is 17.4. The number of nitrogens with zero attached hydrogens (tertiary/aromatic N) is 2. The summed E-state index contributed by atoms with van der Waals surface area (Å²) in [4.78, 5) is 50.1. The van der Waals surface area contributed by atoms with Crippen LogP contribution in [0.2, 0.25) is 0 Å². The van der Waals surface area contributed by atoms with Gasteiger partial charge < -0.3 is 15.1 Å². The summed E-state index contributed by atoms with van der Waals surface area (Å²) in [6.45, 7) is -0.401. The molecule has 0 aromatic heterocycles. The van der Waals surface area contributed by atoms with Crippen LogP contribution in [-0.4, -0.2) is 56.3 Å². The Hall–Kier alpha value is -2.24. The first-order chi connectivity index (χ1) is 13.2. The molecule has 2 amide bonds. The molecule has 1 aromatic rings. The number of rotatable bonds is 6. The van der Waals surface area contributed by atoms with E-state index in [9.17, 15) is 19.2 Å². The van der Waals surface area contributed by atoms with Gasteiger partial charge in [-0.15, -0.1) is 0 Å². The number of carboxylic acids is 2. The smallest absolute Gasteiger partial charge is 0.323 e. The number of aliphatic carboxylic acids is 2. The van der Waals surface area contributed by atoms with Gasteiger partial charge in [0, 0.05) is 23.0 Å². The van der Waals surface area contributed by atoms with Gasteiger partial charge in [0.1, 0.15) is 10.9 Å². The van der Waals surface area contributed by atoms with E-state index < -0.39 is 30.3 Å². The van der Waals surface area contributed by atoms with Gasteiger partial charge in [0.2, 0.25) is 0 Å². The number of carbonyl (C=O) groups is 4. The minimum absolute atomic E-state index is 0.0728. The van der Waals surface area contributed by atoms with E-state index in [2.05, 4.69) is 15.9 Å². The molecule has 1 aromatic carbocycles. The van der Waals surface area contributed by atoms with Crippen molar-refractivity contribution in [3.63, 3.8) is 0 Å². The van der Waals surface area contributed by atoms with Crippen LogP contribution in [0.15, 0.2) is 27.6 Å².